The van der Waals surface area contributed by atoms with Crippen LogP contribution in [-0.4, -0.2) is 55.5 Å². The number of aromatic amines is 1. The van der Waals surface area contributed by atoms with Crippen molar-refractivity contribution in [3.63, 3.8) is 0 Å². The predicted molar refractivity (Wildman–Crippen MR) is 130 cm³/mol. The number of hydrogen-bond donors (Lipinski definition) is 2. The average Bonchev–Trinajstić information content (AvgIpc) is 3.49. The number of nitrogens with zero attached hydrogens (tertiary/aromatic N) is 5. The van der Waals surface area contributed by atoms with E-state index in [1.54, 1.807) is 11.6 Å². The van der Waals surface area contributed by atoms with E-state index in [1.807, 2.05) is 19.1 Å². The monoisotopic (exact) mass is 493 g/mol. The zero-order valence-electron chi connectivity index (χ0n) is 20.2. The normalized spacial score (nSPS) is 23.4. The van der Waals surface area contributed by atoms with E-state index in [1.165, 1.54) is 6.07 Å². The zero-order chi connectivity index (χ0) is 24.8. The number of fused-ring (bicyclic) bond motifs is 5. The minimum absolute atomic E-state index is 0.0982. The van der Waals surface area contributed by atoms with Crippen LogP contribution in [0.1, 0.15) is 38.3 Å². The van der Waals surface area contributed by atoms with Crippen LogP contribution in [0.3, 0.4) is 0 Å². The molecular formula is C25H28FN7O3. The fourth-order valence-electron chi connectivity index (χ4n) is 5.95. The van der Waals surface area contributed by atoms with Gasteiger partial charge in [0.2, 0.25) is 5.82 Å². The SMILES string of the molecule is CCOC(=O)[C@H]1[C@H]2CC[C@H](CC2)[C@@H]1Nc1nc(-c2n[nH]c3ncc(F)cc23)nn2c(COC)ccc12. The largest absolute Gasteiger partial charge is 0.466 e. The minimum Gasteiger partial charge on any atom is -0.466 e. The van der Waals surface area contributed by atoms with Gasteiger partial charge in [-0.1, -0.05) is 0 Å². The molecule has 4 aromatic heterocycles. The molecule has 2 atom stereocenters. The number of methoxy groups -OCH3 is 1. The third kappa shape index (κ3) is 3.78. The Labute approximate surface area is 206 Å². The Kier molecular flexibility index (Phi) is 5.79. The molecule has 0 amide bonds. The molecule has 0 unspecified atom stereocenters. The number of pyridine rings is 1. The van der Waals surface area contributed by atoms with Crippen LogP contribution < -0.4 is 5.32 Å². The number of anilines is 1. The Morgan fingerprint density at radius 3 is 2.83 bits per heavy atom. The van der Waals surface area contributed by atoms with Crippen LogP contribution >= 0.6 is 0 Å². The molecule has 0 radical (unpaired) electrons. The van der Waals surface area contributed by atoms with Gasteiger partial charge in [-0.25, -0.2) is 18.9 Å². The number of aromatic nitrogens is 6. The van der Waals surface area contributed by atoms with E-state index in [0.717, 1.165) is 43.1 Å². The molecule has 0 saturated heterocycles. The summed E-state index contributed by atoms with van der Waals surface area (Å²) < 4.78 is 26.6. The Balaban J connectivity index is 1.47. The van der Waals surface area contributed by atoms with Gasteiger partial charge in [0.25, 0.3) is 0 Å². The first-order chi connectivity index (χ1) is 17.6. The van der Waals surface area contributed by atoms with Crippen LogP contribution in [0.5, 0.6) is 0 Å². The summed E-state index contributed by atoms with van der Waals surface area (Å²) in [5, 5.41) is 16.0. The number of hydrogen-bond acceptors (Lipinski definition) is 8. The second kappa shape index (κ2) is 9.12. The van der Waals surface area contributed by atoms with Crippen molar-refractivity contribution in [3.8, 4) is 11.5 Å². The van der Waals surface area contributed by atoms with Crippen LogP contribution in [0.2, 0.25) is 0 Å². The van der Waals surface area contributed by atoms with Gasteiger partial charge in [-0.2, -0.15) is 5.10 Å². The summed E-state index contributed by atoms with van der Waals surface area (Å²) in [5.41, 5.74) is 2.43. The number of carbonyl (C=O) groups is 1. The van der Waals surface area contributed by atoms with Crippen molar-refractivity contribution in [3.05, 3.63) is 35.9 Å². The number of esters is 1. The number of rotatable bonds is 7. The Bertz CT molecular complexity index is 1430. The molecule has 0 aromatic carbocycles. The van der Waals surface area contributed by atoms with Crippen LogP contribution in [0, 0.1) is 23.6 Å². The summed E-state index contributed by atoms with van der Waals surface area (Å²) in [7, 11) is 1.62. The maximum atomic E-state index is 14.0. The second-order valence-electron chi connectivity index (χ2n) is 9.58. The third-order valence-corrected chi connectivity index (χ3v) is 7.56. The van der Waals surface area contributed by atoms with Gasteiger partial charge in [0, 0.05) is 13.2 Å². The van der Waals surface area contributed by atoms with Gasteiger partial charge in [-0.3, -0.25) is 9.89 Å². The Morgan fingerprint density at radius 1 is 1.25 bits per heavy atom. The smallest absolute Gasteiger partial charge is 0.311 e. The fraction of sp³-hybridized carbons (Fsp3) is 0.480. The Morgan fingerprint density at radius 2 is 2.06 bits per heavy atom. The van der Waals surface area contributed by atoms with Crippen LogP contribution in [0.25, 0.3) is 28.1 Å². The van der Waals surface area contributed by atoms with Crippen molar-refractivity contribution in [2.75, 3.05) is 19.0 Å². The molecule has 188 valence electrons. The van der Waals surface area contributed by atoms with Gasteiger partial charge in [-0.05, 0) is 62.6 Å². The average molecular weight is 494 g/mol. The van der Waals surface area contributed by atoms with E-state index in [9.17, 15) is 9.18 Å². The molecule has 36 heavy (non-hydrogen) atoms. The molecule has 3 saturated carbocycles. The highest BCUT2D eigenvalue weighted by molar-refractivity contribution is 5.89. The highest BCUT2D eigenvalue weighted by Gasteiger charge is 2.48. The van der Waals surface area contributed by atoms with Crippen molar-refractivity contribution in [1.29, 1.82) is 0 Å². The summed E-state index contributed by atoms with van der Waals surface area (Å²) >= 11 is 0. The van der Waals surface area contributed by atoms with Crippen molar-refractivity contribution < 1.29 is 18.7 Å². The summed E-state index contributed by atoms with van der Waals surface area (Å²) in [6.45, 7) is 2.55. The molecule has 0 aliphatic heterocycles. The van der Waals surface area contributed by atoms with Gasteiger partial charge in [0.15, 0.2) is 11.5 Å². The zero-order valence-corrected chi connectivity index (χ0v) is 20.2. The lowest BCUT2D eigenvalue weighted by molar-refractivity contribution is -0.154. The van der Waals surface area contributed by atoms with Gasteiger partial charge in [-0.15, -0.1) is 5.10 Å². The number of carbonyl (C=O) groups excluding carboxylic acids is 1. The number of nitrogens with one attached hydrogen (secondary N) is 2. The van der Waals surface area contributed by atoms with Crippen LogP contribution in [0.15, 0.2) is 24.4 Å². The number of halogens is 1. The van der Waals surface area contributed by atoms with Gasteiger partial charge in [0.05, 0.1) is 36.4 Å². The molecule has 2 bridgehead atoms. The standard InChI is InChI=1S/C25H28FN7O3/c1-3-36-25(34)19-13-4-6-14(7-5-13)20(19)28-23-18-9-8-16(12-35-2)33(18)32-24(29-23)21-17-10-15(26)11-27-22(17)31-30-21/h8-11,13-14,19-20H,3-7,12H2,1-2H3,(H,27,30,31)(H,28,29,32)/t13-,14+,19-,20-/m0/s1. The highest BCUT2D eigenvalue weighted by Crippen LogP contribution is 2.47. The predicted octanol–water partition coefficient (Wildman–Crippen LogP) is 3.73. The van der Waals surface area contributed by atoms with E-state index in [-0.39, 0.29) is 17.9 Å². The van der Waals surface area contributed by atoms with Gasteiger partial charge >= 0.3 is 5.97 Å². The molecule has 0 spiro atoms. The molecule has 11 heteroatoms. The summed E-state index contributed by atoms with van der Waals surface area (Å²) in [5.74, 6) is 0.699. The lowest BCUT2D eigenvalue weighted by Crippen LogP contribution is -2.52. The van der Waals surface area contributed by atoms with Crippen molar-refractivity contribution in [1.82, 2.24) is 29.8 Å². The van der Waals surface area contributed by atoms with E-state index in [4.69, 9.17) is 19.6 Å². The molecule has 10 nitrogen and oxygen atoms in total. The topological polar surface area (TPSA) is 119 Å². The maximum absolute atomic E-state index is 14.0. The first-order valence-corrected chi connectivity index (χ1v) is 12.4. The molecule has 4 heterocycles. The molecule has 7 rings (SSSR count). The summed E-state index contributed by atoms with van der Waals surface area (Å²) in [6.07, 6.45) is 5.35. The third-order valence-electron chi connectivity index (χ3n) is 7.56. The molecule has 3 aliphatic carbocycles. The first kappa shape index (κ1) is 22.8. The fourth-order valence-corrected chi connectivity index (χ4v) is 5.95. The number of H-pyrrole nitrogens is 1. The quantitative estimate of drug-likeness (QED) is 0.374. The maximum Gasteiger partial charge on any atom is 0.311 e. The lowest BCUT2D eigenvalue weighted by Gasteiger charge is -2.47. The molecule has 3 aliphatic rings. The summed E-state index contributed by atoms with van der Waals surface area (Å²) in [4.78, 5) is 21.9. The van der Waals surface area contributed by atoms with E-state index in [2.05, 4.69) is 20.5 Å². The molecule has 4 aromatic rings. The van der Waals surface area contributed by atoms with Crippen molar-refractivity contribution in [2.24, 2.45) is 17.8 Å². The van der Waals surface area contributed by atoms with Crippen molar-refractivity contribution >= 4 is 28.3 Å². The van der Waals surface area contributed by atoms with Crippen LogP contribution in [-0.2, 0) is 20.9 Å². The molecule has 2 N–H and O–H groups in total. The van der Waals surface area contributed by atoms with Gasteiger partial charge < -0.3 is 14.8 Å². The van der Waals surface area contributed by atoms with E-state index >= 15 is 0 Å². The second-order valence-corrected chi connectivity index (χ2v) is 9.58. The first-order valence-electron chi connectivity index (χ1n) is 12.4. The molecule has 3 fully saturated rings. The van der Waals surface area contributed by atoms with Gasteiger partial charge in [0.1, 0.15) is 17.0 Å². The molecular weight excluding hydrogens is 465 g/mol. The van der Waals surface area contributed by atoms with E-state index < -0.39 is 5.82 Å². The Hall–Kier alpha value is -3.60. The van der Waals surface area contributed by atoms with Crippen LogP contribution in [0.4, 0.5) is 10.2 Å². The highest BCUT2D eigenvalue weighted by atomic mass is 19.1. The minimum atomic E-state index is -0.471. The summed E-state index contributed by atoms with van der Waals surface area (Å²) in [6, 6.07) is 5.14. The van der Waals surface area contributed by atoms with Crippen molar-refractivity contribution in [2.45, 2.75) is 45.3 Å². The van der Waals surface area contributed by atoms with E-state index in [0.29, 0.717) is 53.4 Å². The lowest BCUT2D eigenvalue weighted by atomic mass is 9.61. The number of ether oxygens (including phenoxy) is 2.